The number of aryl methyl sites for hydroxylation is 1. The van der Waals surface area contributed by atoms with Crippen molar-refractivity contribution in [3.63, 3.8) is 0 Å². The molecular weight excluding hydrogens is 236 g/mol. The molecule has 0 spiro atoms. The molecule has 0 heterocycles. The summed E-state index contributed by atoms with van der Waals surface area (Å²) in [5, 5.41) is 2.50. The first-order chi connectivity index (χ1) is 6.74. The van der Waals surface area contributed by atoms with E-state index in [0.717, 1.165) is 4.47 Å². The van der Waals surface area contributed by atoms with Gasteiger partial charge in [-0.25, -0.2) is 0 Å². The molecule has 1 heteroatoms. The van der Waals surface area contributed by atoms with Crippen molar-refractivity contribution in [3.8, 4) is 0 Å². The van der Waals surface area contributed by atoms with Crippen LogP contribution in [0.4, 0.5) is 0 Å². The molecule has 0 bridgehead atoms. The van der Waals surface area contributed by atoms with Crippen LogP contribution in [0.15, 0.2) is 41.4 Å². The summed E-state index contributed by atoms with van der Waals surface area (Å²) in [5.74, 6) is 0. The van der Waals surface area contributed by atoms with E-state index in [4.69, 9.17) is 0 Å². The minimum atomic E-state index is 1.15. The van der Waals surface area contributed by atoms with Crippen molar-refractivity contribution in [3.05, 3.63) is 52.5 Å². The summed E-state index contributed by atoms with van der Waals surface area (Å²) >= 11 is 3.58. The maximum Gasteiger partial charge on any atom is 0.0256 e. The van der Waals surface area contributed by atoms with E-state index in [-0.39, 0.29) is 0 Å². The Hall–Kier alpha value is -1.08. The van der Waals surface area contributed by atoms with Crippen molar-refractivity contribution >= 4 is 32.8 Å². The molecule has 0 aliphatic rings. The lowest BCUT2D eigenvalue weighted by atomic mass is 10.00. The van der Waals surface area contributed by atoms with Crippen molar-refractivity contribution in [2.24, 2.45) is 0 Å². The molecule has 0 saturated carbocycles. The number of hydrogen-bond acceptors (Lipinski definition) is 0. The summed E-state index contributed by atoms with van der Waals surface area (Å²) in [6, 6.07) is 10.5. The number of rotatable bonds is 1. The van der Waals surface area contributed by atoms with Crippen LogP contribution >= 0.6 is 15.9 Å². The summed E-state index contributed by atoms with van der Waals surface area (Å²) in [6.07, 6.45) is 1.92. The zero-order chi connectivity index (χ0) is 10.1. The highest BCUT2D eigenvalue weighted by Gasteiger charge is 2.04. The van der Waals surface area contributed by atoms with Gasteiger partial charge >= 0.3 is 0 Å². The van der Waals surface area contributed by atoms with Crippen LogP contribution in [0.5, 0.6) is 0 Å². The monoisotopic (exact) mass is 246 g/mol. The molecule has 0 unspecified atom stereocenters. The fourth-order valence-corrected chi connectivity index (χ4v) is 2.44. The Kier molecular flexibility index (Phi) is 2.42. The molecule has 0 saturated heterocycles. The van der Waals surface area contributed by atoms with Crippen molar-refractivity contribution in [2.75, 3.05) is 0 Å². The summed E-state index contributed by atoms with van der Waals surface area (Å²) in [7, 11) is 0. The summed E-state index contributed by atoms with van der Waals surface area (Å²) in [6.45, 7) is 5.96. The van der Waals surface area contributed by atoms with Gasteiger partial charge in [-0.2, -0.15) is 0 Å². The lowest BCUT2D eigenvalue weighted by molar-refractivity contribution is 1.46. The predicted octanol–water partition coefficient (Wildman–Crippen LogP) is 4.55. The van der Waals surface area contributed by atoms with Crippen LogP contribution in [0.2, 0.25) is 0 Å². The van der Waals surface area contributed by atoms with E-state index in [0.29, 0.717) is 0 Å². The quantitative estimate of drug-likeness (QED) is 0.693. The van der Waals surface area contributed by atoms with E-state index >= 15 is 0 Å². The second kappa shape index (κ2) is 3.58. The molecule has 0 fully saturated rings. The summed E-state index contributed by atoms with van der Waals surface area (Å²) in [4.78, 5) is 0. The molecule has 2 aromatic carbocycles. The number of hydrogen-bond donors (Lipinski definition) is 0. The highest BCUT2D eigenvalue weighted by molar-refractivity contribution is 9.10. The van der Waals surface area contributed by atoms with Gasteiger partial charge in [0.1, 0.15) is 0 Å². The van der Waals surface area contributed by atoms with E-state index in [2.05, 4.69) is 59.8 Å². The highest BCUT2D eigenvalue weighted by Crippen LogP contribution is 2.30. The van der Waals surface area contributed by atoms with Gasteiger partial charge in [0.25, 0.3) is 0 Å². The Balaban J connectivity index is 2.97. The molecular formula is C13H11Br. The van der Waals surface area contributed by atoms with Crippen molar-refractivity contribution in [1.29, 1.82) is 0 Å². The Morgan fingerprint density at radius 3 is 2.50 bits per heavy atom. The summed E-state index contributed by atoms with van der Waals surface area (Å²) in [5.41, 5.74) is 2.48. The van der Waals surface area contributed by atoms with Crippen molar-refractivity contribution < 1.29 is 0 Å². The van der Waals surface area contributed by atoms with Gasteiger partial charge < -0.3 is 0 Å². The van der Waals surface area contributed by atoms with Crippen molar-refractivity contribution in [2.45, 2.75) is 6.92 Å². The molecule has 0 atom stereocenters. The van der Waals surface area contributed by atoms with Gasteiger partial charge in [0.15, 0.2) is 0 Å². The third-order valence-electron chi connectivity index (χ3n) is 2.45. The van der Waals surface area contributed by atoms with Crippen LogP contribution in [-0.2, 0) is 0 Å². The maximum absolute atomic E-state index is 3.86. The predicted molar refractivity (Wildman–Crippen MR) is 66.5 cm³/mol. The minimum absolute atomic E-state index is 1.15. The Morgan fingerprint density at radius 2 is 1.86 bits per heavy atom. The zero-order valence-corrected chi connectivity index (χ0v) is 9.64. The first kappa shape index (κ1) is 9.47. The molecule has 0 N–H and O–H groups in total. The average molecular weight is 247 g/mol. The van der Waals surface area contributed by atoms with Crippen LogP contribution in [0.25, 0.3) is 16.8 Å². The molecule has 0 amide bonds. The van der Waals surface area contributed by atoms with Crippen LogP contribution in [-0.4, -0.2) is 0 Å². The lowest BCUT2D eigenvalue weighted by Crippen LogP contribution is -1.84. The largest absolute Gasteiger partial charge is 0.0984 e. The molecule has 0 aliphatic carbocycles. The fourth-order valence-electron chi connectivity index (χ4n) is 1.76. The number of fused-ring (bicyclic) bond motifs is 1. The molecule has 70 valence electrons. The first-order valence-corrected chi connectivity index (χ1v) is 5.33. The van der Waals surface area contributed by atoms with Gasteiger partial charge in [0.05, 0.1) is 0 Å². The molecule has 0 radical (unpaired) electrons. The maximum atomic E-state index is 3.86. The number of benzene rings is 2. The van der Waals surface area contributed by atoms with Crippen LogP contribution in [0, 0.1) is 6.92 Å². The first-order valence-electron chi connectivity index (χ1n) is 4.54. The van der Waals surface area contributed by atoms with Crippen LogP contribution in [0.3, 0.4) is 0 Å². The Labute approximate surface area is 92.4 Å². The molecule has 14 heavy (non-hydrogen) atoms. The topological polar surface area (TPSA) is 0 Å². The number of halogens is 1. The third kappa shape index (κ3) is 1.38. The minimum Gasteiger partial charge on any atom is -0.0984 e. The second-order valence-electron chi connectivity index (χ2n) is 3.34. The molecule has 0 nitrogen and oxygen atoms in total. The highest BCUT2D eigenvalue weighted by atomic mass is 79.9. The molecule has 2 rings (SSSR count). The molecule has 2 aromatic rings. The average Bonchev–Trinajstić information content (AvgIpc) is 2.18. The van der Waals surface area contributed by atoms with Crippen LogP contribution in [0.1, 0.15) is 11.1 Å². The van der Waals surface area contributed by atoms with E-state index < -0.39 is 0 Å². The van der Waals surface area contributed by atoms with E-state index in [1.807, 2.05) is 6.08 Å². The Bertz CT molecular complexity index is 498. The van der Waals surface area contributed by atoms with Gasteiger partial charge in [-0.05, 0) is 34.9 Å². The smallest absolute Gasteiger partial charge is 0.0256 e. The summed E-state index contributed by atoms with van der Waals surface area (Å²) < 4.78 is 1.15. The van der Waals surface area contributed by atoms with Gasteiger partial charge in [-0.3, -0.25) is 0 Å². The SMILES string of the molecule is C=Cc1c(C)cc(Br)c2ccccc12. The van der Waals surface area contributed by atoms with Gasteiger partial charge in [-0.15, -0.1) is 0 Å². The molecule has 0 aliphatic heterocycles. The van der Waals surface area contributed by atoms with Gasteiger partial charge in [0.2, 0.25) is 0 Å². The second-order valence-corrected chi connectivity index (χ2v) is 4.19. The van der Waals surface area contributed by atoms with E-state index in [1.165, 1.54) is 21.9 Å². The zero-order valence-electron chi connectivity index (χ0n) is 8.05. The van der Waals surface area contributed by atoms with Gasteiger partial charge in [0, 0.05) is 4.47 Å². The standard InChI is InChI=1S/C13H11Br/c1-3-10-9(2)8-13(14)12-7-5-4-6-11(10)12/h3-8H,1H2,2H3. The van der Waals surface area contributed by atoms with Gasteiger partial charge in [-0.1, -0.05) is 52.9 Å². The normalized spacial score (nSPS) is 10.4. The van der Waals surface area contributed by atoms with Crippen molar-refractivity contribution in [1.82, 2.24) is 0 Å². The fraction of sp³-hybridized carbons (Fsp3) is 0.0769. The Morgan fingerprint density at radius 1 is 1.21 bits per heavy atom. The van der Waals surface area contributed by atoms with E-state index in [1.54, 1.807) is 0 Å². The van der Waals surface area contributed by atoms with Crippen LogP contribution < -0.4 is 0 Å². The van der Waals surface area contributed by atoms with E-state index in [9.17, 15) is 0 Å². The lowest BCUT2D eigenvalue weighted by Gasteiger charge is -2.08. The molecule has 0 aromatic heterocycles. The third-order valence-corrected chi connectivity index (χ3v) is 3.10.